The Balaban J connectivity index is 2.90. The van der Waals surface area contributed by atoms with E-state index in [2.05, 4.69) is 9.82 Å². The van der Waals surface area contributed by atoms with Crippen LogP contribution in [0.3, 0.4) is 0 Å². The van der Waals surface area contributed by atoms with E-state index in [1.807, 2.05) is 13.2 Å². The Morgan fingerprint density at radius 2 is 2.10 bits per heavy atom. The van der Waals surface area contributed by atoms with Gasteiger partial charge in [0.25, 0.3) is 0 Å². The molecule has 0 saturated carbocycles. The van der Waals surface area contributed by atoms with Crippen molar-refractivity contribution in [1.29, 1.82) is 0 Å². The molecule has 1 aromatic rings. The zero-order valence-electron chi connectivity index (χ0n) is 13.1. The summed E-state index contributed by atoms with van der Waals surface area (Å²) in [6.45, 7) is 6.46. The molecule has 8 heteroatoms. The first kappa shape index (κ1) is 18.5. The first-order valence-electron chi connectivity index (χ1n) is 6.97. The second-order valence-electron chi connectivity index (χ2n) is 5.21. The fourth-order valence-corrected chi connectivity index (χ4v) is 4.43. The largest absolute Gasteiger partial charge is 0.396 e. The number of thioether (sulfide) groups is 1. The van der Waals surface area contributed by atoms with Gasteiger partial charge in [0.1, 0.15) is 4.90 Å². The molecule has 2 N–H and O–H groups in total. The molecule has 0 radical (unpaired) electrons. The summed E-state index contributed by atoms with van der Waals surface area (Å²) in [6, 6.07) is 0. The molecule has 21 heavy (non-hydrogen) atoms. The van der Waals surface area contributed by atoms with E-state index in [9.17, 15) is 8.42 Å². The Hall–Kier alpha value is -0.570. The van der Waals surface area contributed by atoms with E-state index in [4.69, 9.17) is 5.11 Å². The first-order chi connectivity index (χ1) is 9.83. The number of nitrogens with zero attached hydrogens (tertiary/aromatic N) is 2. The second-order valence-corrected chi connectivity index (χ2v) is 7.83. The summed E-state index contributed by atoms with van der Waals surface area (Å²) in [5.41, 5.74) is 1.11. The van der Waals surface area contributed by atoms with Crippen LogP contribution in [0.5, 0.6) is 0 Å². The molecule has 0 bridgehead atoms. The molecule has 0 aliphatic carbocycles. The molecule has 1 atom stereocenters. The molecule has 0 aliphatic heterocycles. The van der Waals surface area contributed by atoms with Gasteiger partial charge in [0, 0.05) is 19.7 Å². The van der Waals surface area contributed by atoms with Gasteiger partial charge in [-0.1, -0.05) is 6.92 Å². The van der Waals surface area contributed by atoms with Crippen molar-refractivity contribution in [2.45, 2.75) is 38.6 Å². The molecule has 1 heterocycles. The molecule has 6 nitrogen and oxygen atoms in total. The average Bonchev–Trinajstić information content (AvgIpc) is 2.70. The van der Waals surface area contributed by atoms with Crippen LogP contribution >= 0.6 is 11.8 Å². The molecule has 1 aromatic heterocycles. The Kier molecular flexibility index (Phi) is 7.19. The lowest BCUT2D eigenvalue weighted by molar-refractivity contribution is 0.276. The molecule has 122 valence electrons. The molecule has 1 unspecified atom stereocenters. The van der Waals surface area contributed by atoms with Crippen molar-refractivity contribution in [2.24, 2.45) is 5.92 Å². The van der Waals surface area contributed by atoms with Gasteiger partial charge >= 0.3 is 0 Å². The standard InChI is InChI=1S/C13H25N3O3S2/c1-10(9-20-4)8-14-21(18,19)13-11(2)15-16(12(13)3)6-5-7-17/h10,14,17H,5-9H2,1-4H3. The van der Waals surface area contributed by atoms with E-state index in [1.54, 1.807) is 30.3 Å². The highest BCUT2D eigenvalue weighted by Crippen LogP contribution is 2.19. The quantitative estimate of drug-likeness (QED) is 0.707. The normalized spacial score (nSPS) is 13.6. The number of sulfonamides is 1. The van der Waals surface area contributed by atoms with Crippen molar-refractivity contribution >= 4 is 21.8 Å². The highest BCUT2D eigenvalue weighted by atomic mass is 32.2. The third-order valence-electron chi connectivity index (χ3n) is 3.18. The summed E-state index contributed by atoms with van der Waals surface area (Å²) in [4.78, 5) is 0.261. The van der Waals surface area contributed by atoms with E-state index in [-0.39, 0.29) is 17.4 Å². The van der Waals surface area contributed by atoms with Crippen molar-refractivity contribution in [3.63, 3.8) is 0 Å². The van der Waals surface area contributed by atoms with E-state index in [1.165, 1.54) is 0 Å². The van der Waals surface area contributed by atoms with Gasteiger partial charge in [0.2, 0.25) is 10.0 Å². The molecule has 1 rings (SSSR count). The van der Waals surface area contributed by atoms with Gasteiger partial charge in [0.05, 0.1) is 11.4 Å². The minimum atomic E-state index is -3.54. The highest BCUT2D eigenvalue weighted by Gasteiger charge is 2.24. The number of aromatic nitrogens is 2. The number of hydrogen-bond acceptors (Lipinski definition) is 5. The molecule has 0 saturated heterocycles. The average molecular weight is 335 g/mol. The molecular weight excluding hydrogens is 310 g/mol. The second kappa shape index (κ2) is 8.17. The summed E-state index contributed by atoms with van der Waals surface area (Å²) in [5.74, 6) is 1.19. The number of aliphatic hydroxyl groups excluding tert-OH is 1. The van der Waals surface area contributed by atoms with Gasteiger partial charge in [0.15, 0.2) is 0 Å². The SMILES string of the molecule is CSCC(C)CNS(=O)(=O)c1c(C)nn(CCCO)c1C. The minimum absolute atomic E-state index is 0.0604. The van der Waals surface area contributed by atoms with Crippen molar-refractivity contribution in [3.05, 3.63) is 11.4 Å². The van der Waals surface area contributed by atoms with Crippen LogP contribution in [0.25, 0.3) is 0 Å². The number of nitrogens with one attached hydrogen (secondary N) is 1. The zero-order valence-corrected chi connectivity index (χ0v) is 14.7. The van der Waals surface area contributed by atoms with Crippen LogP contribution in [-0.4, -0.2) is 48.5 Å². The summed E-state index contributed by atoms with van der Waals surface area (Å²) >= 11 is 1.70. The van der Waals surface area contributed by atoms with Crippen LogP contribution in [-0.2, 0) is 16.6 Å². The van der Waals surface area contributed by atoms with E-state index < -0.39 is 10.0 Å². The summed E-state index contributed by atoms with van der Waals surface area (Å²) in [7, 11) is -3.54. The summed E-state index contributed by atoms with van der Waals surface area (Å²) in [6.07, 6.45) is 2.56. The predicted octanol–water partition coefficient (Wildman–Crippen LogP) is 1.16. The van der Waals surface area contributed by atoms with Crippen molar-refractivity contribution in [3.8, 4) is 0 Å². The highest BCUT2D eigenvalue weighted by molar-refractivity contribution is 7.98. The fourth-order valence-electron chi connectivity index (χ4n) is 2.18. The van der Waals surface area contributed by atoms with Gasteiger partial charge in [-0.05, 0) is 38.2 Å². The van der Waals surface area contributed by atoms with Crippen LogP contribution in [0, 0.1) is 19.8 Å². The van der Waals surface area contributed by atoms with Gasteiger partial charge < -0.3 is 5.11 Å². The number of rotatable bonds is 9. The Labute approximate surface area is 131 Å². The molecule has 0 amide bonds. The lowest BCUT2D eigenvalue weighted by Crippen LogP contribution is -2.30. The summed E-state index contributed by atoms with van der Waals surface area (Å²) < 4.78 is 29.2. The van der Waals surface area contributed by atoms with Crippen LogP contribution in [0.2, 0.25) is 0 Å². The van der Waals surface area contributed by atoms with E-state index >= 15 is 0 Å². The fraction of sp³-hybridized carbons (Fsp3) is 0.769. The van der Waals surface area contributed by atoms with Crippen LogP contribution in [0.4, 0.5) is 0 Å². The van der Waals surface area contributed by atoms with Crippen LogP contribution < -0.4 is 4.72 Å². The Morgan fingerprint density at radius 1 is 1.43 bits per heavy atom. The number of aryl methyl sites for hydroxylation is 2. The lowest BCUT2D eigenvalue weighted by Gasteiger charge is -2.12. The van der Waals surface area contributed by atoms with E-state index in [0.29, 0.717) is 30.9 Å². The lowest BCUT2D eigenvalue weighted by atomic mass is 10.2. The molecule has 0 aliphatic rings. The van der Waals surface area contributed by atoms with Gasteiger partial charge in [-0.2, -0.15) is 16.9 Å². The maximum Gasteiger partial charge on any atom is 0.244 e. The van der Waals surface area contributed by atoms with Gasteiger partial charge in [-0.25, -0.2) is 13.1 Å². The van der Waals surface area contributed by atoms with E-state index in [0.717, 1.165) is 5.75 Å². The smallest absolute Gasteiger partial charge is 0.244 e. The van der Waals surface area contributed by atoms with Crippen molar-refractivity contribution in [1.82, 2.24) is 14.5 Å². The minimum Gasteiger partial charge on any atom is -0.396 e. The Morgan fingerprint density at radius 3 is 2.67 bits per heavy atom. The van der Waals surface area contributed by atoms with Crippen LogP contribution in [0.1, 0.15) is 24.7 Å². The molecule has 0 aromatic carbocycles. The van der Waals surface area contributed by atoms with Gasteiger partial charge in [-0.3, -0.25) is 4.68 Å². The summed E-state index contributed by atoms with van der Waals surface area (Å²) in [5, 5.41) is 13.1. The molecule has 0 fully saturated rings. The maximum atomic E-state index is 12.4. The maximum absolute atomic E-state index is 12.4. The molecular formula is C13H25N3O3S2. The topological polar surface area (TPSA) is 84.2 Å². The predicted molar refractivity (Wildman–Crippen MR) is 86.1 cm³/mol. The van der Waals surface area contributed by atoms with Crippen molar-refractivity contribution in [2.75, 3.05) is 25.2 Å². The first-order valence-corrected chi connectivity index (χ1v) is 9.84. The van der Waals surface area contributed by atoms with Crippen LogP contribution in [0.15, 0.2) is 4.90 Å². The van der Waals surface area contributed by atoms with Gasteiger partial charge in [-0.15, -0.1) is 0 Å². The number of hydrogen-bond donors (Lipinski definition) is 2. The zero-order chi connectivity index (χ0) is 16.0. The monoisotopic (exact) mass is 335 g/mol. The Bertz CT molecular complexity index is 555. The number of aliphatic hydroxyl groups is 1. The third kappa shape index (κ3) is 4.98. The molecule has 0 spiro atoms. The van der Waals surface area contributed by atoms with Crippen molar-refractivity contribution < 1.29 is 13.5 Å². The third-order valence-corrected chi connectivity index (χ3v) is 5.76.